The largest absolute Gasteiger partial charge is 0.341 e. The summed E-state index contributed by atoms with van der Waals surface area (Å²) in [6.45, 7) is 0. The van der Waals surface area contributed by atoms with E-state index in [-0.39, 0.29) is 0 Å². The SMILES string of the molecule is ClP1C=COO1. The molecule has 0 aromatic carbocycles. The van der Waals surface area contributed by atoms with Gasteiger partial charge in [-0.05, 0) is 0 Å². The molecule has 0 bridgehead atoms. The Labute approximate surface area is 41.2 Å². The van der Waals surface area contributed by atoms with Gasteiger partial charge in [0.05, 0.1) is 0 Å². The molecule has 0 N–H and O–H groups in total. The molecule has 0 spiro atoms. The van der Waals surface area contributed by atoms with Gasteiger partial charge in [-0.1, -0.05) is 11.2 Å². The van der Waals surface area contributed by atoms with Gasteiger partial charge in [0.2, 0.25) is 7.50 Å². The fourth-order valence-corrected chi connectivity index (χ4v) is 0.726. The molecule has 1 aliphatic heterocycles. The van der Waals surface area contributed by atoms with Crippen LogP contribution in [0.15, 0.2) is 12.1 Å². The van der Waals surface area contributed by atoms with Gasteiger partial charge in [-0.25, -0.2) is 0 Å². The average molecular weight is 124 g/mol. The molecule has 1 unspecified atom stereocenters. The molecular weight excluding hydrogens is 122 g/mol. The zero-order valence-electron chi connectivity index (χ0n) is 2.80. The zero-order valence-corrected chi connectivity index (χ0v) is 4.45. The van der Waals surface area contributed by atoms with Crippen LogP contribution >= 0.6 is 18.7 Å². The first-order valence-electron chi connectivity index (χ1n) is 1.35. The van der Waals surface area contributed by atoms with Crippen molar-refractivity contribution in [1.82, 2.24) is 0 Å². The first-order chi connectivity index (χ1) is 2.89. The summed E-state index contributed by atoms with van der Waals surface area (Å²) in [4.78, 5) is 4.27. The molecule has 0 aromatic heterocycles. The lowest BCUT2D eigenvalue weighted by Gasteiger charge is -1.87. The Kier molecular flexibility index (Phi) is 1.30. The van der Waals surface area contributed by atoms with Crippen molar-refractivity contribution in [3.05, 3.63) is 12.1 Å². The highest BCUT2D eigenvalue weighted by Crippen LogP contribution is 2.47. The first-order valence-corrected chi connectivity index (χ1v) is 3.58. The summed E-state index contributed by atoms with van der Waals surface area (Å²) in [7, 11) is -0.896. The van der Waals surface area contributed by atoms with Crippen LogP contribution in [-0.2, 0) is 9.56 Å². The molecular formula is C2H2ClO2P. The standard InChI is InChI=1S/C2H2ClO2P/c3-6-2-1-4-5-6/h1-2H. The van der Waals surface area contributed by atoms with Gasteiger partial charge in [-0.15, -0.1) is 4.67 Å². The second-order valence-corrected chi connectivity index (χ2v) is 2.72. The lowest BCUT2D eigenvalue weighted by molar-refractivity contribution is -0.127. The summed E-state index contributed by atoms with van der Waals surface area (Å²) in [5.74, 6) is 1.66. The molecule has 0 saturated carbocycles. The monoisotopic (exact) mass is 124 g/mol. The summed E-state index contributed by atoms with van der Waals surface area (Å²) < 4.78 is 4.37. The van der Waals surface area contributed by atoms with Gasteiger partial charge in [0.1, 0.15) is 6.26 Å². The lowest BCUT2D eigenvalue weighted by atomic mass is 11.2. The van der Waals surface area contributed by atoms with E-state index >= 15 is 0 Å². The molecule has 6 heavy (non-hydrogen) atoms. The van der Waals surface area contributed by atoms with Crippen molar-refractivity contribution in [2.75, 3.05) is 0 Å². The van der Waals surface area contributed by atoms with Crippen LogP contribution in [0.2, 0.25) is 0 Å². The molecule has 0 saturated heterocycles. The molecule has 1 atom stereocenters. The van der Waals surface area contributed by atoms with Crippen molar-refractivity contribution in [2.24, 2.45) is 0 Å². The highest BCUT2D eigenvalue weighted by Gasteiger charge is 2.05. The smallest absolute Gasteiger partial charge is 0.206 e. The molecule has 34 valence electrons. The van der Waals surface area contributed by atoms with Crippen molar-refractivity contribution in [3.8, 4) is 0 Å². The quantitative estimate of drug-likeness (QED) is 0.363. The van der Waals surface area contributed by atoms with Gasteiger partial charge in [0.15, 0.2) is 0 Å². The molecule has 1 heterocycles. The van der Waals surface area contributed by atoms with Crippen molar-refractivity contribution in [3.63, 3.8) is 0 Å². The number of halogens is 1. The van der Waals surface area contributed by atoms with E-state index in [4.69, 9.17) is 11.2 Å². The third-order valence-corrected chi connectivity index (χ3v) is 1.44. The predicted molar refractivity (Wildman–Crippen MR) is 24.1 cm³/mol. The molecule has 0 amide bonds. The summed E-state index contributed by atoms with van der Waals surface area (Å²) in [6.07, 6.45) is 1.43. The van der Waals surface area contributed by atoms with Crippen LogP contribution in [0.3, 0.4) is 0 Å². The fourth-order valence-electron chi connectivity index (χ4n) is 0.163. The Morgan fingerprint density at radius 1 is 1.67 bits per heavy atom. The van der Waals surface area contributed by atoms with Crippen molar-refractivity contribution in [1.29, 1.82) is 0 Å². The molecule has 0 aliphatic carbocycles. The lowest BCUT2D eigenvalue weighted by Crippen LogP contribution is -1.60. The Morgan fingerprint density at radius 3 is 2.67 bits per heavy atom. The van der Waals surface area contributed by atoms with E-state index in [1.165, 1.54) is 6.26 Å². The number of hydrogen-bond donors (Lipinski definition) is 0. The van der Waals surface area contributed by atoms with E-state index in [0.717, 1.165) is 0 Å². The molecule has 2 nitrogen and oxygen atoms in total. The van der Waals surface area contributed by atoms with Gasteiger partial charge < -0.3 is 4.89 Å². The minimum atomic E-state index is -0.896. The molecule has 4 heteroatoms. The topological polar surface area (TPSA) is 18.5 Å². The highest BCUT2D eigenvalue weighted by atomic mass is 35.7. The maximum absolute atomic E-state index is 5.34. The second-order valence-electron chi connectivity index (χ2n) is 0.728. The van der Waals surface area contributed by atoms with Crippen LogP contribution in [0, 0.1) is 0 Å². The highest BCUT2D eigenvalue weighted by molar-refractivity contribution is 7.82. The van der Waals surface area contributed by atoms with E-state index in [1.54, 1.807) is 5.82 Å². The number of hydrogen-bond acceptors (Lipinski definition) is 2. The third-order valence-electron chi connectivity index (χ3n) is 0.348. The van der Waals surface area contributed by atoms with Crippen LogP contribution in [-0.4, -0.2) is 0 Å². The van der Waals surface area contributed by atoms with E-state index < -0.39 is 7.50 Å². The number of rotatable bonds is 0. The summed E-state index contributed by atoms with van der Waals surface area (Å²) in [5.41, 5.74) is 0. The molecule has 1 rings (SSSR count). The molecule has 1 aliphatic rings. The van der Waals surface area contributed by atoms with E-state index in [1.807, 2.05) is 0 Å². The predicted octanol–water partition coefficient (Wildman–Crippen LogP) is 1.97. The normalized spacial score (nSPS) is 30.5. The Balaban J connectivity index is 2.38. The van der Waals surface area contributed by atoms with Gasteiger partial charge in [-0.2, -0.15) is 0 Å². The van der Waals surface area contributed by atoms with E-state index in [9.17, 15) is 0 Å². The minimum absolute atomic E-state index is 0.896. The maximum atomic E-state index is 5.34. The van der Waals surface area contributed by atoms with Crippen LogP contribution in [0.1, 0.15) is 0 Å². The van der Waals surface area contributed by atoms with Crippen molar-refractivity contribution < 1.29 is 9.56 Å². The Hall–Kier alpha value is 0.220. The molecule has 0 fully saturated rings. The molecule has 0 aromatic rings. The first kappa shape index (κ1) is 4.38. The fraction of sp³-hybridized carbons (Fsp3) is 0. The summed E-state index contributed by atoms with van der Waals surface area (Å²) >= 11 is 5.34. The van der Waals surface area contributed by atoms with Gasteiger partial charge in [-0.3, -0.25) is 0 Å². The Morgan fingerprint density at radius 2 is 2.50 bits per heavy atom. The zero-order chi connectivity index (χ0) is 4.41. The second kappa shape index (κ2) is 1.78. The van der Waals surface area contributed by atoms with Crippen LogP contribution in [0.5, 0.6) is 0 Å². The van der Waals surface area contributed by atoms with Crippen molar-refractivity contribution in [2.45, 2.75) is 0 Å². The van der Waals surface area contributed by atoms with E-state index in [2.05, 4.69) is 9.56 Å². The molecule has 0 radical (unpaired) electrons. The van der Waals surface area contributed by atoms with Crippen LogP contribution in [0.25, 0.3) is 0 Å². The summed E-state index contributed by atoms with van der Waals surface area (Å²) in [5, 5.41) is 0. The minimum Gasteiger partial charge on any atom is -0.341 e. The van der Waals surface area contributed by atoms with Crippen LogP contribution in [0.4, 0.5) is 0 Å². The van der Waals surface area contributed by atoms with Crippen molar-refractivity contribution >= 4 is 18.7 Å². The van der Waals surface area contributed by atoms with Gasteiger partial charge in [0, 0.05) is 5.82 Å². The average Bonchev–Trinajstić information content (AvgIpc) is 1.86. The van der Waals surface area contributed by atoms with Gasteiger partial charge in [0.25, 0.3) is 0 Å². The summed E-state index contributed by atoms with van der Waals surface area (Å²) in [6, 6.07) is 0. The van der Waals surface area contributed by atoms with Crippen LogP contribution < -0.4 is 0 Å². The maximum Gasteiger partial charge on any atom is 0.206 e. The van der Waals surface area contributed by atoms with Gasteiger partial charge >= 0.3 is 0 Å². The Bertz CT molecular complexity index is 73.9. The third kappa shape index (κ3) is 0.839. The van der Waals surface area contributed by atoms with E-state index in [0.29, 0.717) is 0 Å².